The quantitative estimate of drug-likeness (QED) is 0.647. The first-order valence-corrected chi connectivity index (χ1v) is 7.69. The third-order valence-electron chi connectivity index (χ3n) is 3.74. The van der Waals surface area contributed by atoms with Gasteiger partial charge in [-0.05, 0) is 37.3 Å². The second kappa shape index (κ2) is 6.40. The van der Waals surface area contributed by atoms with E-state index in [4.69, 9.17) is 11.6 Å². The lowest BCUT2D eigenvalue weighted by Gasteiger charge is -2.35. The number of carbonyl (C=O) groups is 2. The number of anilines is 1. The molecule has 0 spiro atoms. The number of nitro groups is 1. The Hall–Kier alpha value is -3.13. The van der Waals surface area contributed by atoms with Crippen LogP contribution in [0.2, 0.25) is 5.02 Å². The summed E-state index contributed by atoms with van der Waals surface area (Å²) >= 11 is 5.93. The van der Waals surface area contributed by atoms with E-state index >= 15 is 0 Å². The first-order valence-electron chi connectivity index (χ1n) is 7.32. The number of benzene rings is 2. The van der Waals surface area contributed by atoms with Crippen molar-refractivity contribution in [2.24, 2.45) is 0 Å². The van der Waals surface area contributed by atoms with Gasteiger partial charge < -0.3 is 5.32 Å². The second-order valence-electron chi connectivity index (χ2n) is 5.43. The fraction of sp³-hybridized carbons (Fsp3) is 0.125. The van der Waals surface area contributed by atoms with Gasteiger partial charge in [0.25, 0.3) is 17.5 Å². The first kappa shape index (κ1) is 16.7. The highest BCUT2D eigenvalue weighted by Gasteiger charge is 2.31. The molecule has 2 amide bonds. The van der Waals surface area contributed by atoms with Gasteiger partial charge in [0, 0.05) is 28.4 Å². The van der Waals surface area contributed by atoms with Gasteiger partial charge in [-0.2, -0.15) is 0 Å². The van der Waals surface area contributed by atoms with E-state index < -0.39 is 22.9 Å². The molecular formula is C16H13ClN4O4. The van der Waals surface area contributed by atoms with E-state index in [2.05, 4.69) is 10.7 Å². The van der Waals surface area contributed by atoms with Crippen molar-refractivity contribution in [3.63, 3.8) is 0 Å². The van der Waals surface area contributed by atoms with Crippen molar-refractivity contribution in [1.82, 2.24) is 10.4 Å². The highest BCUT2D eigenvalue weighted by atomic mass is 35.5. The van der Waals surface area contributed by atoms with Gasteiger partial charge in [0.05, 0.1) is 10.5 Å². The normalized spacial score (nSPS) is 16.0. The summed E-state index contributed by atoms with van der Waals surface area (Å²) in [7, 11) is 0. The smallest absolute Gasteiger partial charge is 0.276 e. The Bertz CT molecular complexity index is 869. The zero-order valence-corrected chi connectivity index (χ0v) is 13.8. The van der Waals surface area contributed by atoms with Crippen LogP contribution in [0.1, 0.15) is 27.6 Å². The number of nitrogens with one attached hydrogen (secondary N) is 2. The van der Waals surface area contributed by atoms with Crippen molar-refractivity contribution in [2.45, 2.75) is 13.1 Å². The van der Waals surface area contributed by atoms with Crippen LogP contribution in [0.3, 0.4) is 0 Å². The number of hydrogen-bond acceptors (Lipinski definition) is 5. The molecule has 0 aliphatic carbocycles. The van der Waals surface area contributed by atoms with Gasteiger partial charge in [-0.1, -0.05) is 11.6 Å². The Morgan fingerprint density at radius 1 is 1.28 bits per heavy atom. The molecule has 0 bridgehead atoms. The van der Waals surface area contributed by atoms with E-state index in [0.717, 1.165) is 5.01 Å². The maximum Gasteiger partial charge on any atom is 0.276 e. The maximum absolute atomic E-state index is 12.6. The van der Waals surface area contributed by atoms with E-state index in [0.29, 0.717) is 16.3 Å². The zero-order valence-electron chi connectivity index (χ0n) is 13.0. The molecule has 0 fully saturated rings. The summed E-state index contributed by atoms with van der Waals surface area (Å²) in [4.78, 5) is 35.1. The summed E-state index contributed by atoms with van der Waals surface area (Å²) in [5.41, 5.74) is 3.56. The minimum atomic E-state index is -0.553. The number of non-ortho nitro benzene ring substituents is 1. The molecule has 1 heterocycles. The molecule has 25 heavy (non-hydrogen) atoms. The summed E-state index contributed by atoms with van der Waals surface area (Å²) in [6.45, 7) is 1.71. The minimum absolute atomic E-state index is 0.121. The summed E-state index contributed by atoms with van der Waals surface area (Å²) in [5, 5.41) is 15.3. The summed E-state index contributed by atoms with van der Waals surface area (Å²) in [6.07, 6.45) is -0.483. The third-order valence-corrected chi connectivity index (χ3v) is 3.98. The van der Waals surface area contributed by atoms with Crippen molar-refractivity contribution in [3.05, 3.63) is 68.7 Å². The predicted molar refractivity (Wildman–Crippen MR) is 91.3 cm³/mol. The van der Waals surface area contributed by atoms with Crippen LogP contribution in [-0.2, 0) is 0 Å². The molecule has 1 unspecified atom stereocenters. The van der Waals surface area contributed by atoms with Gasteiger partial charge in [0.15, 0.2) is 0 Å². The number of hydrogen-bond donors (Lipinski definition) is 2. The molecule has 1 aliphatic rings. The van der Waals surface area contributed by atoms with Gasteiger partial charge in [0.2, 0.25) is 0 Å². The fourth-order valence-electron chi connectivity index (χ4n) is 2.47. The average Bonchev–Trinajstić information content (AvgIpc) is 2.59. The molecule has 1 atom stereocenters. The van der Waals surface area contributed by atoms with Crippen LogP contribution in [0.4, 0.5) is 11.4 Å². The Kier molecular flexibility index (Phi) is 4.28. The van der Waals surface area contributed by atoms with Gasteiger partial charge in [0.1, 0.15) is 6.17 Å². The molecular weight excluding hydrogens is 348 g/mol. The molecule has 0 saturated heterocycles. The molecule has 9 heteroatoms. The van der Waals surface area contributed by atoms with Gasteiger partial charge in [-0.15, -0.1) is 0 Å². The lowest BCUT2D eigenvalue weighted by molar-refractivity contribution is -0.384. The largest absolute Gasteiger partial charge is 0.363 e. The molecule has 128 valence electrons. The van der Waals surface area contributed by atoms with Crippen molar-refractivity contribution in [2.75, 3.05) is 5.32 Å². The molecule has 3 rings (SSSR count). The first-order chi connectivity index (χ1) is 11.9. The van der Waals surface area contributed by atoms with Crippen LogP contribution in [0.25, 0.3) is 0 Å². The second-order valence-corrected chi connectivity index (χ2v) is 5.87. The lowest BCUT2D eigenvalue weighted by Crippen LogP contribution is -2.56. The van der Waals surface area contributed by atoms with Crippen molar-refractivity contribution in [3.8, 4) is 0 Å². The Balaban J connectivity index is 1.81. The molecule has 0 aromatic heterocycles. The van der Waals surface area contributed by atoms with Crippen molar-refractivity contribution in [1.29, 1.82) is 0 Å². The van der Waals surface area contributed by atoms with E-state index in [9.17, 15) is 19.7 Å². The Labute approximate surface area is 147 Å². The standard InChI is InChI=1S/C16H13ClN4O4/c1-9-18-14-7-4-11(17)8-13(14)16(23)20(9)19-15(22)10-2-5-12(6-3-10)21(24)25/h2-9,18H,1H3,(H,19,22). The molecule has 8 nitrogen and oxygen atoms in total. The Morgan fingerprint density at radius 3 is 2.60 bits per heavy atom. The van der Waals surface area contributed by atoms with Crippen molar-refractivity contribution >= 4 is 34.8 Å². The zero-order chi connectivity index (χ0) is 18.1. The van der Waals surface area contributed by atoms with Crippen LogP contribution in [0.15, 0.2) is 42.5 Å². The third kappa shape index (κ3) is 3.24. The van der Waals surface area contributed by atoms with Crippen LogP contribution in [-0.4, -0.2) is 27.9 Å². The topological polar surface area (TPSA) is 105 Å². The summed E-state index contributed by atoms with van der Waals surface area (Å²) in [6, 6.07) is 9.98. The van der Waals surface area contributed by atoms with E-state index in [1.807, 2.05) is 0 Å². The highest BCUT2D eigenvalue weighted by Crippen LogP contribution is 2.27. The fourth-order valence-corrected chi connectivity index (χ4v) is 2.64. The number of halogens is 1. The number of nitro benzene ring substituents is 1. The summed E-state index contributed by atoms with van der Waals surface area (Å²) < 4.78 is 0. The van der Waals surface area contributed by atoms with Crippen LogP contribution in [0.5, 0.6) is 0 Å². The van der Waals surface area contributed by atoms with E-state index in [1.54, 1.807) is 19.1 Å². The van der Waals surface area contributed by atoms with Crippen LogP contribution in [0, 0.1) is 10.1 Å². The highest BCUT2D eigenvalue weighted by molar-refractivity contribution is 6.31. The molecule has 2 N–H and O–H groups in total. The van der Waals surface area contributed by atoms with Gasteiger partial charge in [-0.3, -0.25) is 25.1 Å². The number of amides is 2. The maximum atomic E-state index is 12.6. The van der Waals surface area contributed by atoms with E-state index in [1.165, 1.54) is 30.3 Å². The number of rotatable bonds is 3. The monoisotopic (exact) mass is 360 g/mol. The van der Waals surface area contributed by atoms with Crippen LogP contribution >= 0.6 is 11.6 Å². The van der Waals surface area contributed by atoms with Gasteiger partial charge in [-0.25, -0.2) is 5.01 Å². The SMILES string of the molecule is CC1Nc2ccc(Cl)cc2C(=O)N1NC(=O)c1ccc([N+](=O)[O-])cc1. The molecule has 2 aromatic carbocycles. The number of fused-ring (bicyclic) bond motifs is 1. The molecule has 1 aliphatic heterocycles. The lowest BCUT2D eigenvalue weighted by atomic mass is 10.1. The molecule has 0 saturated carbocycles. The number of nitrogens with zero attached hydrogens (tertiary/aromatic N) is 2. The average molecular weight is 361 g/mol. The predicted octanol–water partition coefficient (Wildman–Crippen LogP) is 2.81. The van der Waals surface area contributed by atoms with Gasteiger partial charge >= 0.3 is 0 Å². The number of carbonyl (C=O) groups excluding carboxylic acids is 2. The van der Waals surface area contributed by atoms with Crippen LogP contribution < -0.4 is 10.7 Å². The van der Waals surface area contributed by atoms with E-state index in [-0.39, 0.29) is 11.3 Å². The molecule has 2 aromatic rings. The summed E-state index contributed by atoms with van der Waals surface area (Å²) in [5.74, 6) is -0.957. The van der Waals surface area contributed by atoms with Crippen molar-refractivity contribution < 1.29 is 14.5 Å². The minimum Gasteiger partial charge on any atom is -0.363 e. The molecule has 0 radical (unpaired) electrons. The Morgan fingerprint density at radius 2 is 1.96 bits per heavy atom. The number of hydrazine groups is 1.